The van der Waals surface area contributed by atoms with E-state index in [0.29, 0.717) is 5.54 Å². The third-order valence-corrected chi connectivity index (χ3v) is 5.03. The van der Waals surface area contributed by atoms with Gasteiger partial charge in [0, 0.05) is 31.5 Å². The molecular weight excluding hydrogens is 246 g/mol. The number of nitrogens with one attached hydrogen (secondary N) is 1. The third kappa shape index (κ3) is 3.87. The molecule has 1 heterocycles. The predicted molar refractivity (Wildman–Crippen MR) is 78.5 cm³/mol. The van der Waals surface area contributed by atoms with Gasteiger partial charge in [0.25, 0.3) is 0 Å². The minimum Gasteiger partial charge on any atom is -0.383 e. The topological polar surface area (TPSA) is 36.9 Å². The van der Waals surface area contributed by atoms with E-state index in [4.69, 9.17) is 4.74 Å². The molecule has 1 spiro atoms. The van der Waals surface area contributed by atoms with E-state index in [1.54, 1.807) is 7.11 Å². The largest absolute Gasteiger partial charge is 0.383 e. The van der Waals surface area contributed by atoms with Crippen LogP contribution >= 0.6 is 11.8 Å². The maximum atomic E-state index is 5.06. The van der Waals surface area contributed by atoms with Crippen LogP contribution in [0.15, 0.2) is 4.99 Å². The van der Waals surface area contributed by atoms with Gasteiger partial charge in [-0.2, -0.15) is 0 Å². The van der Waals surface area contributed by atoms with E-state index in [1.807, 2.05) is 11.8 Å². The lowest BCUT2D eigenvalue weighted by molar-refractivity contribution is 0.163. The Morgan fingerprint density at radius 3 is 2.89 bits per heavy atom. The second kappa shape index (κ2) is 6.78. The van der Waals surface area contributed by atoms with Gasteiger partial charge in [0.05, 0.1) is 13.2 Å². The molecule has 0 unspecified atom stereocenters. The Morgan fingerprint density at radius 2 is 2.17 bits per heavy atom. The lowest BCUT2D eigenvalue weighted by atomic mass is 10.0. The molecule has 18 heavy (non-hydrogen) atoms. The molecule has 2 fully saturated rings. The molecule has 1 N–H and O–H groups in total. The predicted octanol–water partition coefficient (Wildman–Crippen LogP) is 1.57. The molecule has 104 valence electrons. The lowest BCUT2D eigenvalue weighted by Crippen LogP contribution is -2.40. The Hall–Kier alpha value is -0.260. The Morgan fingerprint density at radius 1 is 1.39 bits per heavy atom. The van der Waals surface area contributed by atoms with Gasteiger partial charge in [0.1, 0.15) is 0 Å². The van der Waals surface area contributed by atoms with Crippen molar-refractivity contribution in [1.29, 1.82) is 0 Å². The summed E-state index contributed by atoms with van der Waals surface area (Å²) in [6, 6.07) is 0. The van der Waals surface area contributed by atoms with Gasteiger partial charge in [0.15, 0.2) is 5.17 Å². The van der Waals surface area contributed by atoms with Crippen molar-refractivity contribution in [2.45, 2.75) is 31.2 Å². The van der Waals surface area contributed by atoms with Gasteiger partial charge >= 0.3 is 0 Å². The van der Waals surface area contributed by atoms with Crippen LogP contribution in [0.2, 0.25) is 0 Å². The van der Waals surface area contributed by atoms with Gasteiger partial charge in [-0.1, -0.05) is 24.6 Å². The van der Waals surface area contributed by atoms with E-state index < -0.39 is 0 Å². The first-order chi connectivity index (χ1) is 8.74. The van der Waals surface area contributed by atoms with Gasteiger partial charge in [-0.3, -0.25) is 4.99 Å². The van der Waals surface area contributed by atoms with Crippen molar-refractivity contribution in [3.05, 3.63) is 0 Å². The molecule has 0 amide bonds. The lowest BCUT2D eigenvalue weighted by Gasteiger charge is -2.21. The van der Waals surface area contributed by atoms with E-state index in [9.17, 15) is 0 Å². The number of aliphatic imine (C=N–C) groups is 1. The van der Waals surface area contributed by atoms with Gasteiger partial charge < -0.3 is 15.0 Å². The average Bonchev–Trinajstić information content (AvgIpc) is 2.98. The number of hydrogen-bond donors (Lipinski definition) is 1. The Bertz CT molecular complexity index is 290. The van der Waals surface area contributed by atoms with Crippen molar-refractivity contribution in [2.24, 2.45) is 4.99 Å². The fourth-order valence-corrected chi connectivity index (χ4v) is 3.84. The second-order valence-corrected chi connectivity index (χ2v) is 6.35. The first-order valence-electron chi connectivity index (χ1n) is 6.87. The van der Waals surface area contributed by atoms with Crippen LogP contribution in [0, 0.1) is 0 Å². The van der Waals surface area contributed by atoms with Crippen molar-refractivity contribution in [1.82, 2.24) is 10.2 Å². The molecule has 1 saturated heterocycles. The highest BCUT2D eigenvalue weighted by molar-refractivity contribution is 8.14. The number of likely N-dealkylation sites (N-methyl/N-ethyl adjacent to an activating group) is 1. The van der Waals surface area contributed by atoms with Crippen LogP contribution in [0.4, 0.5) is 0 Å². The smallest absolute Gasteiger partial charge is 0.157 e. The van der Waals surface area contributed by atoms with Crippen molar-refractivity contribution >= 4 is 16.9 Å². The molecule has 4 nitrogen and oxygen atoms in total. The first-order valence-corrected chi connectivity index (χ1v) is 7.86. The van der Waals surface area contributed by atoms with Crippen LogP contribution in [0.25, 0.3) is 0 Å². The molecule has 0 aromatic heterocycles. The van der Waals surface area contributed by atoms with Crippen LogP contribution in [-0.2, 0) is 4.74 Å². The van der Waals surface area contributed by atoms with E-state index in [-0.39, 0.29) is 0 Å². The van der Waals surface area contributed by atoms with Gasteiger partial charge in [-0.15, -0.1) is 0 Å². The van der Waals surface area contributed by atoms with E-state index in [0.717, 1.165) is 31.4 Å². The Labute approximate surface area is 115 Å². The first kappa shape index (κ1) is 14.2. The number of thioether (sulfide) groups is 1. The van der Waals surface area contributed by atoms with Gasteiger partial charge in [-0.05, 0) is 19.9 Å². The number of rotatable bonds is 6. The Balaban J connectivity index is 1.68. The van der Waals surface area contributed by atoms with Crippen LogP contribution in [0.1, 0.15) is 25.7 Å². The van der Waals surface area contributed by atoms with Gasteiger partial charge in [-0.25, -0.2) is 0 Å². The highest BCUT2D eigenvalue weighted by Gasteiger charge is 2.39. The van der Waals surface area contributed by atoms with Crippen LogP contribution < -0.4 is 5.32 Å². The average molecular weight is 271 g/mol. The van der Waals surface area contributed by atoms with Crippen LogP contribution in [0.5, 0.6) is 0 Å². The summed E-state index contributed by atoms with van der Waals surface area (Å²) >= 11 is 1.90. The van der Waals surface area contributed by atoms with Crippen LogP contribution in [-0.4, -0.2) is 61.8 Å². The molecule has 0 aromatic carbocycles. The maximum absolute atomic E-state index is 5.06. The summed E-state index contributed by atoms with van der Waals surface area (Å²) in [5, 5.41) is 4.82. The summed E-state index contributed by atoms with van der Waals surface area (Å²) in [6.45, 7) is 3.66. The number of amidine groups is 1. The summed E-state index contributed by atoms with van der Waals surface area (Å²) in [7, 11) is 3.86. The maximum Gasteiger partial charge on any atom is 0.157 e. The number of methoxy groups -OCH3 is 1. The third-order valence-electron chi connectivity index (χ3n) is 3.83. The van der Waals surface area contributed by atoms with Crippen LogP contribution in [0.3, 0.4) is 0 Å². The summed E-state index contributed by atoms with van der Waals surface area (Å²) in [6.07, 6.45) is 5.40. The van der Waals surface area contributed by atoms with E-state index >= 15 is 0 Å². The zero-order chi connectivity index (χ0) is 12.8. The molecule has 0 atom stereocenters. The molecule has 0 aromatic rings. The molecular formula is C13H25N3OS. The normalized spacial score (nSPS) is 24.3. The molecule has 1 aliphatic heterocycles. The number of hydrogen-bond acceptors (Lipinski definition) is 4. The van der Waals surface area contributed by atoms with Crippen molar-refractivity contribution in [2.75, 3.05) is 46.2 Å². The SMILES string of the molecule is COCCN(C)CCN=C1NC2(CCCC2)CS1. The highest BCUT2D eigenvalue weighted by atomic mass is 32.2. The van der Waals surface area contributed by atoms with Crippen molar-refractivity contribution in [3.63, 3.8) is 0 Å². The Kier molecular flexibility index (Phi) is 5.33. The van der Waals surface area contributed by atoms with Crippen molar-refractivity contribution < 1.29 is 4.74 Å². The minimum atomic E-state index is 0.394. The molecule has 1 aliphatic carbocycles. The standard InChI is InChI=1S/C13H25N3OS/c1-16(9-10-17-2)8-7-14-12-15-13(11-18-12)5-3-4-6-13/h3-11H2,1-2H3,(H,14,15). The summed E-state index contributed by atoms with van der Waals surface area (Å²) in [4.78, 5) is 6.94. The molecule has 5 heteroatoms. The fourth-order valence-electron chi connectivity index (χ4n) is 2.59. The second-order valence-electron chi connectivity index (χ2n) is 5.38. The summed E-state index contributed by atoms with van der Waals surface area (Å²) in [5.74, 6) is 1.21. The van der Waals surface area contributed by atoms with E-state index in [2.05, 4.69) is 22.3 Å². The number of ether oxygens (including phenoxy) is 1. The van der Waals surface area contributed by atoms with Gasteiger partial charge in [0.2, 0.25) is 0 Å². The zero-order valence-electron chi connectivity index (χ0n) is 11.6. The monoisotopic (exact) mass is 271 g/mol. The highest BCUT2D eigenvalue weighted by Crippen LogP contribution is 2.37. The molecule has 0 radical (unpaired) electrons. The molecule has 0 bridgehead atoms. The molecule has 1 saturated carbocycles. The molecule has 2 rings (SSSR count). The minimum absolute atomic E-state index is 0.394. The summed E-state index contributed by atoms with van der Waals surface area (Å²) < 4.78 is 5.06. The summed E-state index contributed by atoms with van der Waals surface area (Å²) in [5.41, 5.74) is 0.394. The quantitative estimate of drug-likeness (QED) is 0.795. The van der Waals surface area contributed by atoms with Crippen molar-refractivity contribution in [3.8, 4) is 0 Å². The van der Waals surface area contributed by atoms with E-state index in [1.165, 1.54) is 31.4 Å². The zero-order valence-corrected chi connectivity index (χ0v) is 12.4. The molecule has 2 aliphatic rings. The number of nitrogens with zero attached hydrogens (tertiary/aromatic N) is 2. The fraction of sp³-hybridized carbons (Fsp3) is 0.923.